The summed E-state index contributed by atoms with van der Waals surface area (Å²) < 4.78 is 10.7. The molecule has 152 valence electrons. The summed E-state index contributed by atoms with van der Waals surface area (Å²) >= 11 is 1.68. The predicted molar refractivity (Wildman–Crippen MR) is 110 cm³/mol. The van der Waals surface area contributed by atoms with Crippen molar-refractivity contribution in [3.63, 3.8) is 0 Å². The van der Waals surface area contributed by atoms with Gasteiger partial charge in [0.1, 0.15) is 11.5 Å². The summed E-state index contributed by atoms with van der Waals surface area (Å²) in [5.74, 6) is 1.17. The zero-order chi connectivity index (χ0) is 20.5. The molecule has 4 rings (SSSR count). The van der Waals surface area contributed by atoms with E-state index in [4.69, 9.17) is 9.47 Å². The summed E-state index contributed by atoms with van der Waals surface area (Å²) in [6.07, 6.45) is 0.798. The number of carbonyl (C=O) groups excluding carboxylic acids is 2. The van der Waals surface area contributed by atoms with Crippen molar-refractivity contribution in [3.8, 4) is 11.5 Å². The molecule has 1 aromatic heterocycles. The Hall–Kier alpha value is -3.00. The molecule has 0 fully saturated rings. The van der Waals surface area contributed by atoms with Crippen LogP contribution in [-0.4, -0.2) is 56.1 Å². The van der Waals surface area contributed by atoms with Crippen molar-refractivity contribution in [2.75, 3.05) is 34.4 Å². The van der Waals surface area contributed by atoms with Gasteiger partial charge >= 0.3 is 6.03 Å². The Morgan fingerprint density at radius 1 is 1.17 bits per heavy atom. The maximum Gasteiger partial charge on any atom is 0.322 e. The first-order chi connectivity index (χ1) is 14.0. The van der Waals surface area contributed by atoms with E-state index in [2.05, 4.69) is 11.4 Å². The number of likely N-dealkylation sites (N-methyl/N-ethyl adjacent to an activating group) is 1. The fraction of sp³-hybridized carbons (Fsp3) is 0.333. The third-order valence-electron chi connectivity index (χ3n) is 5.35. The van der Waals surface area contributed by atoms with Crippen LogP contribution in [-0.2, 0) is 11.2 Å². The van der Waals surface area contributed by atoms with Crippen LogP contribution in [0.3, 0.4) is 0 Å². The van der Waals surface area contributed by atoms with Crippen molar-refractivity contribution in [1.82, 2.24) is 15.1 Å². The molecule has 8 heteroatoms. The second-order valence-electron chi connectivity index (χ2n) is 7.00. The van der Waals surface area contributed by atoms with Crippen LogP contribution in [0.5, 0.6) is 11.5 Å². The van der Waals surface area contributed by atoms with Gasteiger partial charge in [0.05, 0.1) is 38.1 Å². The number of benzene rings is 1. The third kappa shape index (κ3) is 3.55. The van der Waals surface area contributed by atoms with Crippen LogP contribution >= 0.6 is 11.3 Å². The van der Waals surface area contributed by atoms with Gasteiger partial charge in [-0.25, -0.2) is 4.79 Å². The van der Waals surface area contributed by atoms with Crippen LogP contribution in [0.4, 0.5) is 4.79 Å². The van der Waals surface area contributed by atoms with Crippen LogP contribution in [0.2, 0.25) is 0 Å². The molecule has 3 heterocycles. The van der Waals surface area contributed by atoms with E-state index in [1.165, 1.54) is 9.78 Å². The van der Waals surface area contributed by atoms with Crippen LogP contribution in [0.25, 0.3) is 0 Å². The number of ether oxygens (including phenoxy) is 2. The lowest BCUT2D eigenvalue weighted by Gasteiger charge is -2.31. The highest BCUT2D eigenvalue weighted by atomic mass is 32.1. The highest BCUT2D eigenvalue weighted by Crippen LogP contribution is 2.38. The maximum atomic E-state index is 13.3. The summed E-state index contributed by atoms with van der Waals surface area (Å²) in [5, 5.41) is 4.98. The zero-order valence-electron chi connectivity index (χ0n) is 16.6. The lowest BCUT2D eigenvalue weighted by molar-refractivity contribution is -0.125. The molecule has 3 amide bonds. The van der Waals surface area contributed by atoms with Crippen LogP contribution < -0.4 is 14.8 Å². The fourth-order valence-electron chi connectivity index (χ4n) is 3.75. The average molecular weight is 413 g/mol. The predicted octanol–water partition coefficient (Wildman–Crippen LogP) is 2.80. The van der Waals surface area contributed by atoms with Crippen molar-refractivity contribution >= 4 is 23.3 Å². The minimum Gasteiger partial charge on any atom is -0.497 e. The number of urea groups is 1. The monoisotopic (exact) mass is 413 g/mol. The van der Waals surface area contributed by atoms with E-state index in [0.29, 0.717) is 30.2 Å². The molecule has 1 aromatic carbocycles. The van der Waals surface area contributed by atoms with Crippen molar-refractivity contribution in [1.29, 1.82) is 0 Å². The summed E-state index contributed by atoms with van der Waals surface area (Å²) in [5.41, 5.74) is 2.11. The van der Waals surface area contributed by atoms with Crippen molar-refractivity contribution in [3.05, 3.63) is 57.4 Å². The number of nitrogens with one attached hydrogen (secondary N) is 1. The molecule has 0 bridgehead atoms. The van der Waals surface area contributed by atoms with Crippen LogP contribution in [0, 0.1) is 0 Å². The number of nitrogens with zero attached hydrogens (tertiary/aromatic N) is 2. The van der Waals surface area contributed by atoms with Gasteiger partial charge in [0.15, 0.2) is 0 Å². The van der Waals surface area contributed by atoms with Crippen molar-refractivity contribution in [2.24, 2.45) is 0 Å². The second-order valence-corrected chi connectivity index (χ2v) is 8.04. The number of carbonyl (C=O) groups is 2. The number of amides is 3. The quantitative estimate of drug-likeness (QED) is 0.791. The molecule has 1 N–H and O–H groups in total. The SMILES string of the molecule is COc1cc(OC)cc([C@H]2NC(=O)N(C)C3=C2C(=O)N(CCc2cccs2)C3)c1. The Kier molecular flexibility index (Phi) is 5.19. The van der Waals surface area contributed by atoms with Gasteiger partial charge in [0, 0.05) is 24.5 Å². The Morgan fingerprint density at radius 3 is 2.52 bits per heavy atom. The van der Waals surface area contributed by atoms with Crippen molar-refractivity contribution < 1.29 is 19.1 Å². The molecule has 1 atom stereocenters. The highest BCUT2D eigenvalue weighted by Gasteiger charge is 2.42. The average Bonchev–Trinajstić information content (AvgIpc) is 3.37. The second kappa shape index (κ2) is 7.79. The van der Waals surface area contributed by atoms with Gasteiger partial charge in [0.2, 0.25) is 0 Å². The van der Waals surface area contributed by atoms with Crippen LogP contribution in [0.1, 0.15) is 16.5 Å². The van der Waals surface area contributed by atoms with Gasteiger partial charge in [-0.15, -0.1) is 11.3 Å². The van der Waals surface area contributed by atoms with Gasteiger partial charge in [-0.3, -0.25) is 9.69 Å². The molecule has 0 saturated carbocycles. The first kappa shape index (κ1) is 19.3. The molecule has 2 aromatic rings. The summed E-state index contributed by atoms with van der Waals surface area (Å²) in [6, 6.07) is 8.72. The van der Waals surface area contributed by atoms with E-state index in [-0.39, 0.29) is 11.9 Å². The minimum atomic E-state index is -0.545. The summed E-state index contributed by atoms with van der Waals surface area (Å²) in [7, 11) is 4.84. The largest absolute Gasteiger partial charge is 0.497 e. The molecule has 0 radical (unpaired) electrons. The van der Waals surface area contributed by atoms with E-state index in [1.54, 1.807) is 38.7 Å². The number of hydrogen-bond acceptors (Lipinski definition) is 5. The van der Waals surface area contributed by atoms with Gasteiger partial charge < -0.3 is 19.7 Å². The number of thiophene rings is 1. The minimum absolute atomic E-state index is 0.0461. The molecule has 2 aliphatic heterocycles. The van der Waals surface area contributed by atoms with Crippen LogP contribution in [0.15, 0.2) is 47.0 Å². The Bertz CT molecular complexity index is 948. The molecule has 0 saturated heterocycles. The number of methoxy groups -OCH3 is 2. The molecule has 29 heavy (non-hydrogen) atoms. The van der Waals surface area contributed by atoms with Gasteiger partial charge in [-0.05, 0) is 35.6 Å². The Morgan fingerprint density at radius 2 is 1.90 bits per heavy atom. The smallest absolute Gasteiger partial charge is 0.322 e. The topological polar surface area (TPSA) is 71.1 Å². The number of hydrogen-bond donors (Lipinski definition) is 1. The molecule has 0 unspecified atom stereocenters. The van der Waals surface area contributed by atoms with E-state index >= 15 is 0 Å². The molecule has 0 spiro atoms. The number of rotatable bonds is 6. The molecular weight excluding hydrogens is 390 g/mol. The molecule has 7 nitrogen and oxygen atoms in total. The normalized spacial score (nSPS) is 18.8. The Balaban J connectivity index is 1.65. The third-order valence-corrected chi connectivity index (χ3v) is 6.29. The fourth-order valence-corrected chi connectivity index (χ4v) is 4.45. The standard InChI is InChI=1S/C21H23N3O4S/c1-23-17-12-24(7-6-16-5-4-8-29-16)20(25)18(17)19(22-21(23)26)13-9-14(27-2)11-15(10-13)28-3/h4-5,8-11,19H,6-7,12H2,1-3H3,(H,22,26)/t19-/m1/s1. The summed E-state index contributed by atoms with van der Waals surface area (Å²) in [6.45, 7) is 1.05. The van der Waals surface area contributed by atoms with E-state index in [9.17, 15) is 9.59 Å². The van der Waals surface area contributed by atoms with Gasteiger partial charge in [0.25, 0.3) is 5.91 Å². The lowest BCUT2D eigenvalue weighted by Crippen LogP contribution is -2.45. The molecule has 2 aliphatic rings. The zero-order valence-corrected chi connectivity index (χ0v) is 17.4. The summed E-state index contributed by atoms with van der Waals surface area (Å²) in [4.78, 5) is 30.4. The molecule has 0 aliphatic carbocycles. The van der Waals surface area contributed by atoms with Crippen molar-refractivity contribution in [2.45, 2.75) is 12.5 Å². The first-order valence-electron chi connectivity index (χ1n) is 9.33. The van der Waals surface area contributed by atoms with Gasteiger partial charge in [-0.2, -0.15) is 0 Å². The van der Waals surface area contributed by atoms with Gasteiger partial charge in [-0.1, -0.05) is 6.07 Å². The highest BCUT2D eigenvalue weighted by molar-refractivity contribution is 7.09. The Labute approximate surface area is 173 Å². The van der Waals surface area contributed by atoms with E-state index < -0.39 is 6.04 Å². The van der Waals surface area contributed by atoms with E-state index in [1.807, 2.05) is 28.5 Å². The lowest BCUT2D eigenvalue weighted by atomic mass is 9.95. The molecular formula is C21H23N3O4S. The van der Waals surface area contributed by atoms with E-state index in [0.717, 1.165) is 17.7 Å². The first-order valence-corrected chi connectivity index (χ1v) is 10.2. The maximum absolute atomic E-state index is 13.3.